The number of aliphatic hydroxyl groups excluding tert-OH is 1. The summed E-state index contributed by atoms with van der Waals surface area (Å²) in [4.78, 5) is 31.7. The van der Waals surface area contributed by atoms with Crippen LogP contribution in [0.2, 0.25) is 0 Å². The van der Waals surface area contributed by atoms with Crippen LogP contribution in [0.3, 0.4) is 0 Å². The van der Waals surface area contributed by atoms with Crippen LogP contribution in [0.4, 0.5) is 16.4 Å². The van der Waals surface area contributed by atoms with E-state index in [-0.39, 0.29) is 24.6 Å². The second-order valence-electron chi connectivity index (χ2n) is 9.63. The number of carbonyl (C=O) groups is 2. The molecule has 4 heterocycles. The van der Waals surface area contributed by atoms with E-state index >= 15 is 0 Å². The number of anilines is 2. The summed E-state index contributed by atoms with van der Waals surface area (Å²) in [5.74, 6) is 1.10. The average Bonchev–Trinajstić information content (AvgIpc) is 3.64. The summed E-state index contributed by atoms with van der Waals surface area (Å²) in [6.07, 6.45) is 3.10. The number of nitrogens with zero attached hydrogens (tertiary/aromatic N) is 5. The number of carbonyl (C=O) groups excluding carboxylic acids is 2. The van der Waals surface area contributed by atoms with E-state index in [1.54, 1.807) is 10.7 Å². The monoisotopic (exact) mass is 530 g/mol. The number of amides is 3. The fourth-order valence-electron chi connectivity index (χ4n) is 5.01. The van der Waals surface area contributed by atoms with E-state index in [0.717, 1.165) is 35.7 Å². The molecule has 11 nitrogen and oxygen atoms in total. The molecule has 1 aliphatic rings. The van der Waals surface area contributed by atoms with Gasteiger partial charge in [0.05, 0.1) is 11.8 Å². The summed E-state index contributed by atoms with van der Waals surface area (Å²) in [7, 11) is 0. The number of urea groups is 1. The number of hydrogen-bond donors (Lipinski definition) is 4. The zero-order valence-electron chi connectivity index (χ0n) is 22.2. The first kappa shape index (κ1) is 26.2. The fraction of sp³-hybridized carbons (Fsp3) is 0.357. The van der Waals surface area contributed by atoms with Crippen molar-refractivity contribution in [3.63, 3.8) is 0 Å². The summed E-state index contributed by atoms with van der Waals surface area (Å²) in [5, 5.41) is 22.6. The number of fused-ring (bicyclic) bond motifs is 1. The van der Waals surface area contributed by atoms with E-state index in [9.17, 15) is 14.7 Å². The molecule has 11 heteroatoms. The van der Waals surface area contributed by atoms with Gasteiger partial charge in [-0.1, -0.05) is 30.3 Å². The van der Waals surface area contributed by atoms with Crippen LogP contribution in [0.1, 0.15) is 35.8 Å². The lowest BCUT2D eigenvalue weighted by Gasteiger charge is -2.18. The molecule has 0 spiro atoms. The molecule has 1 atom stereocenters. The predicted molar refractivity (Wildman–Crippen MR) is 150 cm³/mol. The predicted octanol–water partition coefficient (Wildman–Crippen LogP) is 3.04. The Morgan fingerprint density at radius 2 is 1.97 bits per heavy atom. The molecule has 0 unspecified atom stereocenters. The van der Waals surface area contributed by atoms with Crippen molar-refractivity contribution in [2.24, 2.45) is 0 Å². The maximum absolute atomic E-state index is 13.4. The number of rotatable bonds is 9. The Kier molecular flexibility index (Phi) is 7.78. The van der Waals surface area contributed by atoms with E-state index in [2.05, 4.69) is 35.5 Å². The highest BCUT2D eigenvalue weighted by molar-refractivity contribution is 5.97. The molecule has 1 fully saturated rings. The van der Waals surface area contributed by atoms with Crippen molar-refractivity contribution in [3.8, 4) is 11.3 Å². The third kappa shape index (κ3) is 5.73. The third-order valence-corrected chi connectivity index (χ3v) is 6.95. The van der Waals surface area contributed by atoms with Crippen molar-refractivity contribution in [2.75, 3.05) is 36.5 Å². The molecule has 5 rings (SSSR count). The van der Waals surface area contributed by atoms with E-state index in [1.807, 2.05) is 62.4 Å². The van der Waals surface area contributed by atoms with E-state index < -0.39 is 0 Å². The molecule has 0 radical (unpaired) electrons. The van der Waals surface area contributed by atoms with Crippen LogP contribution in [0.15, 0.2) is 54.7 Å². The highest BCUT2D eigenvalue weighted by Gasteiger charge is 2.27. The van der Waals surface area contributed by atoms with Gasteiger partial charge in [0, 0.05) is 50.2 Å². The number of benzene rings is 1. The molecule has 3 amide bonds. The second-order valence-corrected chi connectivity index (χ2v) is 9.63. The van der Waals surface area contributed by atoms with Crippen molar-refractivity contribution in [1.82, 2.24) is 29.8 Å². The number of hydrogen-bond acceptors (Lipinski definition) is 6. The molecule has 0 saturated carbocycles. The van der Waals surface area contributed by atoms with Crippen LogP contribution < -0.4 is 20.9 Å². The van der Waals surface area contributed by atoms with Gasteiger partial charge in [0.1, 0.15) is 5.82 Å². The molecule has 1 saturated heterocycles. The molecule has 1 aliphatic heterocycles. The van der Waals surface area contributed by atoms with Crippen LogP contribution in [0.25, 0.3) is 16.9 Å². The van der Waals surface area contributed by atoms with Gasteiger partial charge in [-0.2, -0.15) is 0 Å². The average molecular weight is 531 g/mol. The first-order valence-electron chi connectivity index (χ1n) is 13.3. The first-order valence-corrected chi connectivity index (χ1v) is 13.3. The highest BCUT2D eigenvalue weighted by atomic mass is 16.3. The quantitative estimate of drug-likeness (QED) is 0.263. The van der Waals surface area contributed by atoms with Crippen molar-refractivity contribution >= 4 is 29.2 Å². The van der Waals surface area contributed by atoms with Crippen LogP contribution in [0.5, 0.6) is 0 Å². The Hall–Kier alpha value is -4.38. The normalized spacial score (nSPS) is 15.1. The molecule has 1 aromatic carbocycles. The Bertz CT molecular complexity index is 1460. The molecule has 4 aromatic rings. The highest BCUT2D eigenvalue weighted by Crippen LogP contribution is 2.27. The minimum atomic E-state index is -0.311. The van der Waals surface area contributed by atoms with Crippen LogP contribution >= 0.6 is 0 Å². The number of aromatic nitrogens is 4. The largest absolute Gasteiger partial charge is 0.396 e. The zero-order valence-corrected chi connectivity index (χ0v) is 22.2. The summed E-state index contributed by atoms with van der Waals surface area (Å²) in [5.41, 5.74) is 4.17. The maximum atomic E-state index is 13.4. The molecule has 39 heavy (non-hydrogen) atoms. The minimum absolute atomic E-state index is 0.0203. The Morgan fingerprint density at radius 1 is 1.15 bits per heavy atom. The summed E-state index contributed by atoms with van der Waals surface area (Å²) >= 11 is 0. The molecular formula is C28H34N8O3. The van der Waals surface area contributed by atoms with Crippen LogP contribution in [-0.4, -0.2) is 68.5 Å². The smallest absolute Gasteiger partial charge is 0.320 e. The molecule has 4 N–H and O–H groups in total. The van der Waals surface area contributed by atoms with Gasteiger partial charge in [-0.05, 0) is 50.5 Å². The number of imidazole rings is 1. The summed E-state index contributed by atoms with van der Waals surface area (Å²) in [6.45, 7) is 6.46. The lowest BCUT2D eigenvalue weighted by Crippen LogP contribution is -2.37. The number of aliphatic hydroxyl groups is 1. The van der Waals surface area contributed by atoms with Gasteiger partial charge in [-0.3, -0.25) is 10.1 Å². The molecule has 0 bridgehead atoms. The van der Waals surface area contributed by atoms with Crippen molar-refractivity contribution in [2.45, 2.75) is 39.3 Å². The Balaban J connectivity index is 1.27. The lowest BCUT2D eigenvalue weighted by atomic mass is 10.1. The lowest BCUT2D eigenvalue weighted by molar-refractivity contribution is 0.0939. The van der Waals surface area contributed by atoms with Crippen LogP contribution in [0, 0.1) is 6.92 Å². The van der Waals surface area contributed by atoms with Gasteiger partial charge >= 0.3 is 6.03 Å². The number of nitrogens with one attached hydrogen (secondary N) is 3. The van der Waals surface area contributed by atoms with Crippen molar-refractivity contribution in [1.29, 1.82) is 0 Å². The van der Waals surface area contributed by atoms with Gasteiger partial charge in [0.15, 0.2) is 11.5 Å². The first-order chi connectivity index (χ1) is 19.0. The standard InChI is InChI=1S/C28H34N8O3/c1-3-29-28(39)32-24-18-36-25(31-24)10-11-26(33-36)34-14-12-21(17-34)30-27(38)22-16-23(20-8-5-4-6-9-20)35(19(22)2)13-7-15-37/h4-6,8-11,16,18,21,37H,3,7,12-15,17H2,1-2H3,(H,30,38)(H2,29,32,39)/t21-/m0/s1. The zero-order chi connectivity index (χ0) is 27.4. The van der Waals surface area contributed by atoms with Gasteiger partial charge in [0.2, 0.25) is 0 Å². The molecular weight excluding hydrogens is 496 g/mol. The minimum Gasteiger partial charge on any atom is -0.396 e. The van der Waals surface area contributed by atoms with Crippen molar-refractivity contribution < 1.29 is 14.7 Å². The summed E-state index contributed by atoms with van der Waals surface area (Å²) < 4.78 is 3.76. The molecule has 3 aromatic heterocycles. The SMILES string of the molecule is CCNC(=O)Nc1cn2nc(N3CC[C@H](NC(=O)c4cc(-c5ccccc5)n(CCCO)c4C)C3)ccc2n1. The second kappa shape index (κ2) is 11.6. The van der Waals surface area contributed by atoms with Gasteiger partial charge in [-0.15, -0.1) is 5.10 Å². The fourth-order valence-corrected chi connectivity index (χ4v) is 5.01. The van der Waals surface area contributed by atoms with Gasteiger partial charge < -0.3 is 25.2 Å². The third-order valence-electron chi connectivity index (χ3n) is 6.95. The van der Waals surface area contributed by atoms with E-state index in [0.29, 0.717) is 43.1 Å². The summed E-state index contributed by atoms with van der Waals surface area (Å²) in [6, 6.07) is 15.4. The van der Waals surface area contributed by atoms with E-state index in [4.69, 9.17) is 0 Å². The Labute approximate surface area is 226 Å². The van der Waals surface area contributed by atoms with E-state index in [1.165, 1.54) is 0 Å². The van der Waals surface area contributed by atoms with Gasteiger partial charge in [-0.25, -0.2) is 14.3 Å². The van der Waals surface area contributed by atoms with Crippen molar-refractivity contribution in [3.05, 3.63) is 66.0 Å². The Morgan fingerprint density at radius 3 is 2.74 bits per heavy atom. The molecule has 204 valence electrons. The maximum Gasteiger partial charge on any atom is 0.320 e. The van der Waals surface area contributed by atoms with Crippen LogP contribution in [-0.2, 0) is 6.54 Å². The molecule has 0 aliphatic carbocycles. The topological polar surface area (TPSA) is 129 Å². The van der Waals surface area contributed by atoms with Gasteiger partial charge in [0.25, 0.3) is 5.91 Å².